The Hall–Kier alpha value is -4.72. The number of benzene rings is 1. The number of aliphatic carboxylic acids is 1. The predicted octanol–water partition coefficient (Wildman–Crippen LogP) is -0.318. The Labute approximate surface area is 206 Å². The Kier molecular flexibility index (Phi) is 8.01. The van der Waals surface area contributed by atoms with Crippen molar-refractivity contribution in [3.8, 4) is 5.75 Å². The summed E-state index contributed by atoms with van der Waals surface area (Å²) in [5.74, 6) is -3.53. The van der Waals surface area contributed by atoms with Crippen molar-refractivity contribution < 1.29 is 29.4 Å². The number of carbonyl (C=O) groups is 4. The van der Waals surface area contributed by atoms with Gasteiger partial charge in [-0.2, -0.15) is 0 Å². The number of aromatic hydroxyl groups is 1. The molecule has 0 radical (unpaired) electrons. The zero-order chi connectivity index (χ0) is 26.4. The maximum atomic E-state index is 12.7. The fourth-order valence-electron chi connectivity index (χ4n) is 3.06. The van der Waals surface area contributed by atoms with Gasteiger partial charge in [-0.1, -0.05) is 12.1 Å². The summed E-state index contributed by atoms with van der Waals surface area (Å²) < 4.78 is 0. The number of rotatable bonds is 9. The highest BCUT2D eigenvalue weighted by molar-refractivity contribution is 7.16. The van der Waals surface area contributed by atoms with Gasteiger partial charge < -0.3 is 31.1 Å². The number of H-pyrrole nitrogens is 2. The molecule has 14 heteroatoms. The molecule has 1 atom stereocenters. The van der Waals surface area contributed by atoms with E-state index in [1.807, 2.05) is 4.98 Å². The van der Waals surface area contributed by atoms with Gasteiger partial charge in [0.15, 0.2) is 0 Å². The number of aromatic amines is 2. The lowest BCUT2D eigenvalue weighted by molar-refractivity contribution is -0.139. The highest BCUT2D eigenvalue weighted by Gasteiger charge is 2.25. The maximum absolute atomic E-state index is 12.7. The molecule has 13 nitrogen and oxygen atoms in total. The molecule has 0 aliphatic heterocycles. The number of amides is 3. The van der Waals surface area contributed by atoms with Crippen LogP contribution >= 0.6 is 11.3 Å². The van der Waals surface area contributed by atoms with Crippen molar-refractivity contribution >= 4 is 35.0 Å². The normalized spacial score (nSPS) is 11.4. The first-order valence-electron chi connectivity index (χ1n) is 10.4. The molecule has 0 saturated heterocycles. The van der Waals surface area contributed by atoms with Crippen LogP contribution in [0.15, 0.2) is 46.0 Å². The Morgan fingerprint density at radius 1 is 1.00 bits per heavy atom. The molecule has 0 bridgehead atoms. The molecule has 0 aliphatic carbocycles. The fourth-order valence-corrected chi connectivity index (χ4v) is 4.05. The molecule has 3 rings (SSSR count). The van der Waals surface area contributed by atoms with Gasteiger partial charge in [0, 0.05) is 19.2 Å². The van der Waals surface area contributed by atoms with Crippen molar-refractivity contribution in [3.05, 3.63) is 83.8 Å². The molecule has 3 amide bonds. The topological polar surface area (TPSA) is 211 Å². The van der Waals surface area contributed by atoms with Crippen LogP contribution in [0.5, 0.6) is 5.75 Å². The lowest BCUT2D eigenvalue weighted by Crippen LogP contribution is -2.48. The van der Waals surface area contributed by atoms with Crippen molar-refractivity contribution in [2.24, 2.45) is 0 Å². The van der Waals surface area contributed by atoms with E-state index in [0.717, 1.165) is 17.4 Å². The van der Waals surface area contributed by atoms with Gasteiger partial charge in [0.05, 0.1) is 9.75 Å². The van der Waals surface area contributed by atoms with Crippen LogP contribution in [0.4, 0.5) is 0 Å². The van der Waals surface area contributed by atoms with Crippen molar-refractivity contribution in [1.82, 2.24) is 25.9 Å². The van der Waals surface area contributed by atoms with Crippen molar-refractivity contribution in [2.75, 3.05) is 6.54 Å². The SMILES string of the molecule is Cc1cc(C(=O)NCc2cccc(O)c2)sc1C(=O)NC(CNC(=O)c1cc(=O)[nH]c(=O)[nH]1)C(=O)O. The number of phenolic OH excluding ortho intramolecular Hbond substituents is 1. The molecule has 0 aliphatic rings. The average Bonchev–Trinajstić information content (AvgIpc) is 3.21. The number of carboxylic acid groups (broad SMARTS) is 1. The number of thiophene rings is 1. The van der Waals surface area contributed by atoms with E-state index < -0.39 is 47.5 Å². The maximum Gasteiger partial charge on any atom is 0.328 e. The third kappa shape index (κ3) is 6.66. The Morgan fingerprint density at radius 3 is 2.42 bits per heavy atom. The van der Waals surface area contributed by atoms with Crippen molar-refractivity contribution in [1.29, 1.82) is 0 Å². The van der Waals surface area contributed by atoms with Gasteiger partial charge in [0.2, 0.25) is 0 Å². The second-order valence-corrected chi connectivity index (χ2v) is 8.60. The molecular weight excluding hydrogens is 494 g/mol. The molecule has 1 unspecified atom stereocenters. The van der Waals surface area contributed by atoms with Crippen LogP contribution in [0.3, 0.4) is 0 Å². The summed E-state index contributed by atoms with van der Waals surface area (Å²) in [5, 5.41) is 26.1. The van der Waals surface area contributed by atoms with E-state index in [4.69, 9.17) is 0 Å². The Bertz CT molecular complexity index is 1410. The van der Waals surface area contributed by atoms with E-state index in [-0.39, 0.29) is 27.7 Å². The van der Waals surface area contributed by atoms with Gasteiger partial charge in [-0.05, 0) is 36.2 Å². The fraction of sp³-hybridized carbons (Fsp3) is 0.182. The zero-order valence-electron chi connectivity index (χ0n) is 18.7. The van der Waals surface area contributed by atoms with Crippen LogP contribution in [-0.4, -0.2) is 56.5 Å². The van der Waals surface area contributed by atoms with Crippen LogP contribution in [-0.2, 0) is 11.3 Å². The number of aromatic nitrogens is 2. The lowest BCUT2D eigenvalue weighted by atomic mass is 10.2. The van der Waals surface area contributed by atoms with E-state index >= 15 is 0 Å². The lowest BCUT2D eigenvalue weighted by Gasteiger charge is -2.15. The van der Waals surface area contributed by atoms with E-state index in [2.05, 4.69) is 20.9 Å². The summed E-state index contributed by atoms with van der Waals surface area (Å²) in [7, 11) is 0. The van der Waals surface area contributed by atoms with Crippen LogP contribution < -0.4 is 27.2 Å². The Balaban J connectivity index is 1.63. The summed E-state index contributed by atoms with van der Waals surface area (Å²) in [6.45, 7) is 1.18. The molecule has 0 saturated carbocycles. The standard InChI is InChI=1S/C22H21N5O8S/c1-10-5-15(19(31)23-8-11-3-2-4-12(28)6-11)36-17(10)20(32)25-14(21(33)34)9-24-18(30)13-7-16(29)27-22(35)26-13/h2-7,14,28H,8-9H2,1H3,(H,23,31)(H,24,30)(H,25,32)(H,33,34)(H2,26,27,29,35). The van der Waals surface area contributed by atoms with Crippen LogP contribution in [0.1, 0.15) is 41.0 Å². The minimum absolute atomic E-state index is 0.0579. The number of carbonyl (C=O) groups excluding carboxylic acids is 3. The zero-order valence-corrected chi connectivity index (χ0v) is 19.5. The molecule has 0 spiro atoms. The molecule has 36 heavy (non-hydrogen) atoms. The molecule has 1 aromatic carbocycles. The molecule has 0 fully saturated rings. The summed E-state index contributed by atoms with van der Waals surface area (Å²) in [6.07, 6.45) is 0. The minimum atomic E-state index is -1.54. The number of aryl methyl sites for hydroxylation is 1. The second kappa shape index (κ2) is 11.1. The first-order valence-corrected chi connectivity index (χ1v) is 11.2. The largest absolute Gasteiger partial charge is 0.508 e. The quantitative estimate of drug-likeness (QED) is 0.200. The Morgan fingerprint density at radius 2 is 1.75 bits per heavy atom. The first-order chi connectivity index (χ1) is 17.0. The highest BCUT2D eigenvalue weighted by atomic mass is 32.1. The molecule has 7 N–H and O–H groups in total. The summed E-state index contributed by atoms with van der Waals surface area (Å²) in [5.41, 5.74) is -0.998. The second-order valence-electron chi connectivity index (χ2n) is 7.55. The smallest absolute Gasteiger partial charge is 0.328 e. The van der Waals surface area contributed by atoms with Gasteiger partial charge in [-0.3, -0.25) is 24.2 Å². The number of nitrogens with one attached hydrogen (secondary N) is 5. The van der Waals surface area contributed by atoms with Gasteiger partial charge in [0.25, 0.3) is 23.3 Å². The van der Waals surface area contributed by atoms with Crippen molar-refractivity contribution in [3.63, 3.8) is 0 Å². The summed E-state index contributed by atoms with van der Waals surface area (Å²) in [4.78, 5) is 75.9. The van der Waals surface area contributed by atoms with Crippen LogP contribution in [0.25, 0.3) is 0 Å². The monoisotopic (exact) mass is 515 g/mol. The predicted molar refractivity (Wildman–Crippen MR) is 127 cm³/mol. The van der Waals surface area contributed by atoms with E-state index in [0.29, 0.717) is 11.1 Å². The summed E-state index contributed by atoms with van der Waals surface area (Å²) in [6, 6.07) is 7.12. The first kappa shape index (κ1) is 25.9. The van der Waals surface area contributed by atoms with Gasteiger partial charge in [0.1, 0.15) is 17.5 Å². The van der Waals surface area contributed by atoms with Gasteiger partial charge >= 0.3 is 11.7 Å². The molecule has 3 aromatic rings. The van der Waals surface area contributed by atoms with E-state index in [9.17, 15) is 39.0 Å². The highest BCUT2D eigenvalue weighted by Crippen LogP contribution is 2.22. The van der Waals surface area contributed by atoms with Gasteiger partial charge in [-0.15, -0.1) is 11.3 Å². The van der Waals surface area contributed by atoms with E-state index in [1.165, 1.54) is 18.2 Å². The minimum Gasteiger partial charge on any atom is -0.508 e. The third-order valence-electron chi connectivity index (χ3n) is 4.79. The summed E-state index contributed by atoms with van der Waals surface area (Å²) >= 11 is 0.860. The van der Waals surface area contributed by atoms with Crippen molar-refractivity contribution in [2.45, 2.75) is 19.5 Å². The van der Waals surface area contributed by atoms with E-state index in [1.54, 1.807) is 19.1 Å². The molecule has 2 aromatic heterocycles. The number of hydrogen-bond donors (Lipinski definition) is 7. The average molecular weight is 516 g/mol. The van der Waals surface area contributed by atoms with Crippen LogP contribution in [0.2, 0.25) is 0 Å². The third-order valence-corrected chi connectivity index (χ3v) is 6.02. The number of hydrogen-bond acceptors (Lipinski definition) is 8. The van der Waals surface area contributed by atoms with Crippen LogP contribution in [0, 0.1) is 6.92 Å². The number of phenols is 1. The van der Waals surface area contributed by atoms with Gasteiger partial charge in [-0.25, -0.2) is 9.59 Å². The molecule has 2 heterocycles. The molecule has 188 valence electrons. The number of carboxylic acids is 1. The molecular formula is C22H21N5O8S.